The molecule has 0 aliphatic carbocycles. The minimum Gasteiger partial charge on any atom is -0.478 e. The number of anilines is 1. The number of carboxylic acids is 1. The van der Waals surface area contributed by atoms with E-state index in [0.29, 0.717) is 13.0 Å². The number of aromatic nitrogens is 1. The maximum absolute atomic E-state index is 13.3. The van der Waals surface area contributed by atoms with Gasteiger partial charge in [-0.25, -0.2) is 18.6 Å². The third-order valence-electron chi connectivity index (χ3n) is 3.08. The molecule has 1 aromatic rings. The van der Waals surface area contributed by atoms with Crippen molar-refractivity contribution in [2.24, 2.45) is 0 Å². The zero-order chi connectivity index (χ0) is 14.0. The van der Waals surface area contributed by atoms with E-state index in [9.17, 15) is 13.6 Å². The van der Waals surface area contributed by atoms with E-state index in [4.69, 9.17) is 16.7 Å². The summed E-state index contributed by atoms with van der Waals surface area (Å²) in [7, 11) is 0. The molecule has 19 heavy (non-hydrogen) atoms. The Labute approximate surface area is 114 Å². The van der Waals surface area contributed by atoms with Crippen LogP contribution in [-0.2, 0) is 0 Å². The molecule has 0 unspecified atom stereocenters. The van der Waals surface area contributed by atoms with Crippen molar-refractivity contribution in [3.63, 3.8) is 0 Å². The van der Waals surface area contributed by atoms with Crippen LogP contribution >= 0.6 is 11.6 Å². The highest BCUT2D eigenvalue weighted by Crippen LogP contribution is 2.31. The zero-order valence-corrected chi connectivity index (χ0v) is 10.8. The Morgan fingerprint density at radius 2 is 2.16 bits per heavy atom. The molecule has 1 saturated heterocycles. The normalized spacial score (nSPS) is 19.0. The van der Waals surface area contributed by atoms with Crippen molar-refractivity contribution >= 4 is 23.4 Å². The van der Waals surface area contributed by atoms with Crippen molar-refractivity contribution < 1.29 is 18.7 Å². The van der Waals surface area contributed by atoms with E-state index in [0.717, 1.165) is 0 Å². The predicted molar refractivity (Wildman–Crippen MR) is 67.2 cm³/mol. The first-order valence-electron chi connectivity index (χ1n) is 5.91. The van der Waals surface area contributed by atoms with E-state index in [1.165, 1.54) is 12.3 Å². The summed E-state index contributed by atoms with van der Waals surface area (Å²) in [6.07, 6.45) is 1.15. The van der Waals surface area contributed by atoms with Gasteiger partial charge in [-0.3, -0.25) is 0 Å². The molecule has 0 aromatic carbocycles. The molecule has 1 aromatic heterocycles. The molecule has 0 spiro atoms. The van der Waals surface area contributed by atoms with Crippen molar-refractivity contribution in [3.8, 4) is 0 Å². The molecule has 1 fully saturated rings. The monoisotopic (exact) mass is 290 g/mol. The molecule has 2 heterocycles. The number of carbonyl (C=O) groups is 1. The number of carboxylic acid groups (broad SMARTS) is 1. The molecule has 7 heteroatoms. The molecule has 0 amide bonds. The van der Waals surface area contributed by atoms with Crippen LogP contribution in [0.2, 0.25) is 5.02 Å². The van der Waals surface area contributed by atoms with E-state index >= 15 is 0 Å². The summed E-state index contributed by atoms with van der Waals surface area (Å²) in [5, 5.41) is 9.33. The molecular weight excluding hydrogens is 278 g/mol. The van der Waals surface area contributed by atoms with E-state index in [2.05, 4.69) is 4.98 Å². The molecule has 1 aliphatic rings. The van der Waals surface area contributed by atoms with Gasteiger partial charge in [-0.1, -0.05) is 11.6 Å². The second kappa shape index (κ2) is 5.28. The van der Waals surface area contributed by atoms with Crippen molar-refractivity contribution in [3.05, 3.63) is 22.8 Å². The highest BCUT2D eigenvalue weighted by atomic mass is 35.5. The van der Waals surface area contributed by atoms with Crippen LogP contribution in [0.1, 0.15) is 29.6 Å². The lowest BCUT2D eigenvalue weighted by molar-refractivity contribution is -0.0102. The lowest BCUT2D eigenvalue weighted by Crippen LogP contribution is -2.28. The third-order valence-corrected chi connectivity index (χ3v) is 3.29. The number of halogens is 3. The van der Waals surface area contributed by atoms with Gasteiger partial charge in [0.2, 0.25) is 5.92 Å². The van der Waals surface area contributed by atoms with Gasteiger partial charge in [0.1, 0.15) is 11.4 Å². The Morgan fingerprint density at radius 1 is 1.42 bits per heavy atom. The van der Waals surface area contributed by atoms with Crippen LogP contribution in [0.4, 0.5) is 14.6 Å². The SMILES string of the molecule is O=C(O)c1cc(Cl)cnc1N1CCCC(F)(F)CC1. The molecule has 0 bridgehead atoms. The van der Waals surface area contributed by atoms with Gasteiger partial charge in [-0.15, -0.1) is 0 Å². The van der Waals surface area contributed by atoms with Crippen molar-refractivity contribution in [2.45, 2.75) is 25.2 Å². The second-order valence-electron chi connectivity index (χ2n) is 4.53. The Bertz CT molecular complexity index is 497. The third kappa shape index (κ3) is 3.32. The van der Waals surface area contributed by atoms with Crippen LogP contribution in [0.25, 0.3) is 0 Å². The van der Waals surface area contributed by atoms with Gasteiger partial charge in [-0.2, -0.15) is 0 Å². The average molecular weight is 291 g/mol. The molecule has 104 valence electrons. The topological polar surface area (TPSA) is 53.4 Å². The number of pyridine rings is 1. The van der Waals surface area contributed by atoms with Crippen LogP contribution in [-0.4, -0.2) is 35.1 Å². The first kappa shape index (κ1) is 14.0. The largest absolute Gasteiger partial charge is 0.478 e. The summed E-state index contributed by atoms with van der Waals surface area (Å²) in [5.74, 6) is -3.65. The summed E-state index contributed by atoms with van der Waals surface area (Å²) in [6.45, 7) is 0.451. The van der Waals surface area contributed by atoms with Crippen LogP contribution < -0.4 is 4.90 Å². The molecular formula is C12H13ClF2N2O2. The number of alkyl halides is 2. The van der Waals surface area contributed by atoms with Gasteiger partial charge >= 0.3 is 5.97 Å². The van der Waals surface area contributed by atoms with Crippen molar-refractivity contribution in [1.82, 2.24) is 4.98 Å². The first-order valence-corrected chi connectivity index (χ1v) is 6.28. The Balaban J connectivity index is 2.29. The predicted octanol–water partition coefficient (Wildman–Crippen LogP) is 3.06. The molecule has 2 rings (SSSR count). The van der Waals surface area contributed by atoms with Gasteiger partial charge in [0.25, 0.3) is 0 Å². The van der Waals surface area contributed by atoms with Crippen LogP contribution in [0, 0.1) is 0 Å². The number of hydrogen-bond acceptors (Lipinski definition) is 3. The number of aromatic carboxylic acids is 1. The van der Waals surface area contributed by atoms with Gasteiger partial charge in [0.15, 0.2) is 0 Å². The van der Waals surface area contributed by atoms with E-state index < -0.39 is 11.9 Å². The van der Waals surface area contributed by atoms with Gasteiger partial charge in [0, 0.05) is 32.1 Å². The standard InChI is InChI=1S/C12H13ClF2N2O2/c13-8-6-9(11(18)19)10(16-7-8)17-4-1-2-12(14,15)3-5-17/h6-7H,1-5H2,(H,18,19). The summed E-state index contributed by atoms with van der Waals surface area (Å²) in [5.41, 5.74) is -0.0577. The van der Waals surface area contributed by atoms with Crippen LogP contribution in [0.5, 0.6) is 0 Å². The number of hydrogen-bond donors (Lipinski definition) is 1. The first-order chi connectivity index (χ1) is 8.89. The smallest absolute Gasteiger partial charge is 0.339 e. The lowest BCUT2D eigenvalue weighted by Gasteiger charge is -2.23. The van der Waals surface area contributed by atoms with E-state index in [1.807, 2.05) is 0 Å². The molecule has 4 nitrogen and oxygen atoms in total. The minimum absolute atomic E-state index is 0.0577. The van der Waals surface area contributed by atoms with Gasteiger partial charge < -0.3 is 10.0 Å². The summed E-state index contributed by atoms with van der Waals surface area (Å²) in [6, 6.07) is 1.29. The Morgan fingerprint density at radius 3 is 2.84 bits per heavy atom. The Kier molecular flexibility index (Phi) is 3.89. The maximum Gasteiger partial charge on any atom is 0.339 e. The molecule has 1 aliphatic heterocycles. The lowest BCUT2D eigenvalue weighted by atomic mass is 10.1. The highest BCUT2D eigenvalue weighted by molar-refractivity contribution is 6.30. The minimum atomic E-state index is -2.69. The van der Waals surface area contributed by atoms with Crippen molar-refractivity contribution in [2.75, 3.05) is 18.0 Å². The average Bonchev–Trinajstić information content (AvgIpc) is 2.50. The van der Waals surface area contributed by atoms with Gasteiger partial charge in [0.05, 0.1) is 5.02 Å². The van der Waals surface area contributed by atoms with Crippen LogP contribution in [0.15, 0.2) is 12.3 Å². The summed E-state index contributed by atoms with van der Waals surface area (Å²) >= 11 is 5.71. The maximum atomic E-state index is 13.3. The molecule has 0 saturated carbocycles. The number of nitrogens with zero attached hydrogens (tertiary/aromatic N) is 2. The molecule has 1 N–H and O–H groups in total. The fourth-order valence-electron chi connectivity index (χ4n) is 2.12. The summed E-state index contributed by atoms with van der Waals surface area (Å²) < 4.78 is 26.6. The second-order valence-corrected chi connectivity index (χ2v) is 4.96. The molecule has 0 atom stereocenters. The van der Waals surface area contributed by atoms with Gasteiger partial charge in [-0.05, 0) is 12.5 Å². The van der Waals surface area contributed by atoms with Crippen molar-refractivity contribution in [1.29, 1.82) is 0 Å². The number of rotatable bonds is 2. The fraction of sp³-hybridized carbons (Fsp3) is 0.500. The van der Waals surface area contributed by atoms with E-state index in [1.54, 1.807) is 4.90 Å². The summed E-state index contributed by atoms with van der Waals surface area (Å²) in [4.78, 5) is 16.7. The van der Waals surface area contributed by atoms with E-state index in [-0.39, 0.29) is 35.8 Å². The van der Waals surface area contributed by atoms with Crippen LogP contribution in [0.3, 0.4) is 0 Å². The molecule has 0 radical (unpaired) electrons. The quantitative estimate of drug-likeness (QED) is 0.909. The zero-order valence-electron chi connectivity index (χ0n) is 10.1. The fourth-order valence-corrected chi connectivity index (χ4v) is 2.28. The highest BCUT2D eigenvalue weighted by Gasteiger charge is 2.33. The Hall–Kier alpha value is -1.43.